The summed E-state index contributed by atoms with van der Waals surface area (Å²) in [5, 5.41) is 9.53. The highest BCUT2D eigenvalue weighted by atomic mass is 16.5. The predicted octanol–water partition coefficient (Wildman–Crippen LogP) is 12.5. The van der Waals surface area contributed by atoms with E-state index in [2.05, 4.69) is 32.6 Å². The van der Waals surface area contributed by atoms with Gasteiger partial charge in [-0.25, -0.2) is 0 Å². The third-order valence-corrected chi connectivity index (χ3v) is 10.1. The average molecular weight is 710 g/mol. The molecular weight excluding hydrogens is 622 g/mol. The van der Waals surface area contributed by atoms with Crippen LogP contribution in [0.4, 0.5) is 0 Å². The molecule has 0 heterocycles. The lowest BCUT2D eigenvalue weighted by Crippen LogP contribution is -2.29. The minimum Gasteiger partial charge on any atom is -0.466 e. The maximum Gasteiger partial charge on any atom is 0.306 e. The van der Waals surface area contributed by atoms with Crippen molar-refractivity contribution in [1.29, 1.82) is 0 Å². The lowest BCUT2D eigenvalue weighted by atomic mass is 10.0. The first kappa shape index (κ1) is 48.9. The Balaban J connectivity index is 3.97. The van der Waals surface area contributed by atoms with Crippen LogP contribution in [0, 0.1) is 5.92 Å². The summed E-state index contributed by atoms with van der Waals surface area (Å²) in [6, 6.07) is 0. The van der Waals surface area contributed by atoms with E-state index in [4.69, 9.17) is 9.47 Å². The Morgan fingerprint density at radius 1 is 0.500 bits per heavy atom. The van der Waals surface area contributed by atoms with E-state index < -0.39 is 0 Å². The molecule has 0 unspecified atom stereocenters. The van der Waals surface area contributed by atoms with Crippen molar-refractivity contribution >= 4 is 11.9 Å². The van der Waals surface area contributed by atoms with Crippen LogP contribution in [0.2, 0.25) is 0 Å². The number of unbranched alkanes of at least 4 members (excludes halogenated alkanes) is 21. The maximum atomic E-state index is 12.7. The van der Waals surface area contributed by atoms with Crippen LogP contribution in [0.5, 0.6) is 0 Å². The number of aliphatic hydroxyl groups excluding tert-OH is 1. The minimum atomic E-state index is -0.0523. The summed E-state index contributed by atoms with van der Waals surface area (Å²) in [5.41, 5.74) is 0. The van der Waals surface area contributed by atoms with Crippen molar-refractivity contribution in [2.45, 2.75) is 233 Å². The third-order valence-electron chi connectivity index (χ3n) is 10.1. The van der Waals surface area contributed by atoms with E-state index in [0.717, 1.165) is 96.1 Å². The van der Waals surface area contributed by atoms with Gasteiger partial charge in [0.15, 0.2) is 0 Å². The van der Waals surface area contributed by atoms with Crippen LogP contribution in [-0.2, 0) is 19.1 Å². The summed E-state index contributed by atoms with van der Waals surface area (Å²) in [5.74, 6) is 0.763. The molecule has 0 spiro atoms. The van der Waals surface area contributed by atoms with Gasteiger partial charge in [0.25, 0.3) is 0 Å². The number of nitrogens with zero attached hydrogens (tertiary/aromatic N) is 1. The second-order valence-electron chi connectivity index (χ2n) is 15.6. The predicted molar refractivity (Wildman–Crippen MR) is 214 cm³/mol. The van der Waals surface area contributed by atoms with Crippen molar-refractivity contribution in [3.63, 3.8) is 0 Å². The molecule has 0 aliphatic rings. The molecule has 298 valence electrons. The Bertz CT molecular complexity index is 699. The molecule has 0 aliphatic carbocycles. The van der Waals surface area contributed by atoms with Crippen LogP contribution in [0.3, 0.4) is 0 Å². The van der Waals surface area contributed by atoms with Crippen molar-refractivity contribution < 1.29 is 24.2 Å². The van der Waals surface area contributed by atoms with Gasteiger partial charge in [0.1, 0.15) is 6.10 Å². The van der Waals surface area contributed by atoms with Crippen molar-refractivity contribution in [1.82, 2.24) is 4.90 Å². The van der Waals surface area contributed by atoms with E-state index in [1.807, 2.05) is 0 Å². The van der Waals surface area contributed by atoms with Crippen LogP contribution in [0.1, 0.15) is 227 Å². The maximum absolute atomic E-state index is 12.7. The van der Waals surface area contributed by atoms with Crippen LogP contribution in [0.15, 0.2) is 0 Å². The van der Waals surface area contributed by atoms with Gasteiger partial charge in [0, 0.05) is 19.4 Å². The summed E-state index contributed by atoms with van der Waals surface area (Å²) in [7, 11) is 0. The van der Waals surface area contributed by atoms with E-state index >= 15 is 0 Å². The van der Waals surface area contributed by atoms with E-state index in [1.165, 1.54) is 109 Å². The number of rotatable bonds is 40. The van der Waals surface area contributed by atoms with E-state index in [-0.39, 0.29) is 24.6 Å². The first-order valence-electron chi connectivity index (χ1n) is 22.1. The molecule has 0 rings (SSSR count). The van der Waals surface area contributed by atoms with Crippen molar-refractivity contribution in [2.24, 2.45) is 5.92 Å². The zero-order valence-electron chi connectivity index (χ0n) is 34.1. The van der Waals surface area contributed by atoms with Gasteiger partial charge in [-0.2, -0.15) is 0 Å². The summed E-state index contributed by atoms with van der Waals surface area (Å²) in [6.45, 7) is 12.5. The fraction of sp³-hybridized carbons (Fsp3) is 0.955. The molecule has 0 saturated heterocycles. The second kappa shape index (κ2) is 39.1. The number of ether oxygens (including phenoxy) is 2. The highest BCUT2D eigenvalue weighted by Gasteiger charge is 2.14. The molecule has 0 saturated carbocycles. The largest absolute Gasteiger partial charge is 0.466 e. The van der Waals surface area contributed by atoms with Crippen molar-refractivity contribution in [3.8, 4) is 0 Å². The third kappa shape index (κ3) is 36.6. The second-order valence-corrected chi connectivity index (χ2v) is 15.6. The van der Waals surface area contributed by atoms with E-state index in [0.29, 0.717) is 26.0 Å². The first-order chi connectivity index (χ1) is 24.4. The van der Waals surface area contributed by atoms with Crippen molar-refractivity contribution in [2.75, 3.05) is 32.8 Å². The minimum absolute atomic E-state index is 0.00704. The fourth-order valence-electron chi connectivity index (χ4n) is 6.83. The molecule has 1 N–H and O–H groups in total. The van der Waals surface area contributed by atoms with Crippen molar-refractivity contribution in [3.05, 3.63) is 0 Å². The van der Waals surface area contributed by atoms with Crippen LogP contribution in [-0.4, -0.2) is 60.9 Å². The van der Waals surface area contributed by atoms with Gasteiger partial charge in [-0.05, 0) is 76.8 Å². The summed E-state index contributed by atoms with van der Waals surface area (Å²) in [6.07, 6.45) is 35.6. The SMILES string of the molecule is CCCCCCCCC(CCCCCCCC)OC(=O)CCCCCCCN(CCO)CCCCCC(=O)OCCCCCCCCC(C)C. The molecule has 0 bridgehead atoms. The highest BCUT2D eigenvalue weighted by molar-refractivity contribution is 5.69. The monoisotopic (exact) mass is 710 g/mol. The van der Waals surface area contributed by atoms with Crippen LogP contribution in [0.25, 0.3) is 0 Å². The van der Waals surface area contributed by atoms with Gasteiger partial charge in [0.2, 0.25) is 0 Å². The van der Waals surface area contributed by atoms with Gasteiger partial charge >= 0.3 is 11.9 Å². The number of esters is 2. The van der Waals surface area contributed by atoms with Gasteiger partial charge in [-0.3, -0.25) is 9.59 Å². The number of hydrogen-bond donors (Lipinski definition) is 1. The van der Waals surface area contributed by atoms with Crippen LogP contribution < -0.4 is 0 Å². The molecule has 0 fully saturated rings. The molecule has 0 aromatic carbocycles. The lowest BCUT2D eigenvalue weighted by molar-refractivity contribution is -0.150. The van der Waals surface area contributed by atoms with Crippen LogP contribution >= 0.6 is 0 Å². The molecule has 0 aliphatic heterocycles. The van der Waals surface area contributed by atoms with E-state index in [9.17, 15) is 14.7 Å². The molecule has 0 aromatic rings. The molecule has 0 atom stereocenters. The molecule has 6 heteroatoms. The molecule has 6 nitrogen and oxygen atoms in total. The van der Waals surface area contributed by atoms with Gasteiger partial charge in [-0.15, -0.1) is 0 Å². The molecule has 0 aromatic heterocycles. The Morgan fingerprint density at radius 2 is 0.920 bits per heavy atom. The zero-order chi connectivity index (χ0) is 36.8. The van der Waals surface area contributed by atoms with Gasteiger partial charge < -0.3 is 19.5 Å². The average Bonchev–Trinajstić information content (AvgIpc) is 3.09. The Kier molecular flexibility index (Phi) is 38.2. The molecule has 0 radical (unpaired) electrons. The number of hydrogen-bond acceptors (Lipinski definition) is 6. The van der Waals surface area contributed by atoms with E-state index in [1.54, 1.807) is 0 Å². The lowest BCUT2D eigenvalue weighted by Gasteiger charge is -2.21. The molecule has 50 heavy (non-hydrogen) atoms. The quantitative estimate of drug-likeness (QED) is 0.0504. The zero-order valence-corrected chi connectivity index (χ0v) is 34.1. The fourth-order valence-corrected chi connectivity index (χ4v) is 6.83. The Labute approximate surface area is 312 Å². The summed E-state index contributed by atoms with van der Waals surface area (Å²) in [4.78, 5) is 27.1. The number of carbonyl (C=O) groups excluding carboxylic acids is 2. The normalized spacial score (nSPS) is 11.7. The molecule has 0 amide bonds. The first-order valence-corrected chi connectivity index (χ1v) is 22.1. The summed E-state index contributed by atoms with van der Waals surface area (Å²) >= 11 is 0. The van der Waals surface area contributed by atoms with Gasteiger partial charge in [0.05, 0.1) is 13.2 Å². The Morgan fingerprint density at radius 3 is 1.44 bits per heavy atom. The smallest absolute Gasteiger partial charge is 0.306 e. The summed E-state index contributed by atoms with van der Waals surface area (Å²) < 4.78 is 11.4. The van der Waals surface area contributed by atoms with Gasteiger partial charge in [-0.1, -0.05) is 156 Å². The number of aliphatic hydroxyl groups is 1. The standard InChI is InChI=1S/C44H87NO5/c1-5-7-9-11-17-24-32-42(33-25-18-12-10-8-6-2)50-44(48)35-26-19-15-20-28-36-45(38-39-46)37-29-22-27-34-43(47)49-40-30-21-14-13-16-23-31-41(3)4/h41-42,46H,5-40H2,1-4H3. The topological polar surface area (TPSA) is 76.1 Å². The highest BCUT2D eigenvalue weighted by Crippen LogP contribution is 2.18. The number of carbonyl (C=O) groups is 2. The molecular formula is C44H87NO5. The Hall–Kier alpha value is -1.14.